The van der Waals surface area contributed by atoms with Crippen LogP contribution >= 0.6 is 0 Å². The normalized spacial score (nSPS) is 29.5. The third-order valence-electron chi connectivity index (χ3n) is 5.52. The van der Waals surface area contributed by atoms with Gasteiger partial charge in [-0.05, 0) is 30.6 Å². The minimum Gasteiger partial charge on any atom is -0.491 e. The number of rotatable bonds is 6. The highest BCUT2D eigenvalue weighted by molar-refractivity contribution is 6.06. The lowest BCUT2D eigenvalue weighted by Gasteiger charge is -2.31. The third kappa shape index (κ3) is 3.73. The van der Waals surface area contributed by atoms with Crippen LogP contribution in [0.15, 0.2) is 29.0 Å². The van der Waals surface area contributed by atoms with E-state index in [-0.39, 0.29) is 29.8 Å². The van der Waals surface area contributed by atoms with Crippen molar-refractivity contribution in [3.63, 3.8) is 0 Å². The predicted molar refractivity (Wildman–Crippen MR) is 96.9 cm³/mol. The van der Waals surface area contributed by atoms with Crippen LogP contribution in [-0.2, 0) is 9.53 Å². The molecule has 2 aliphatic carbocycles. The van der Waals surface area contributed by atoms with Crippen molar-refractivity contribution in [1.29, 1.82) is 0 Å². The Morgan fingerprint density at radius 1 is 1.42 bits per heavy atom. The first kappa shape index (κ1) is 18.4. The second kappa shape index (κ2) is 7.47. The molecule has 0 bridgehead atoms. The first-order valence-electron chi connectivity index (χ1n) is 9.19. The third-order valence-corrected chi connectivity index (χ3v) is 5.52. The number of hydrogen-bond acceptors (Lipinski definition) is 6. The first-order valence-corrected chi connectivity index (χ1v) is 9.19. The molecule has 8 nitrogen and oxygen atoms in total. The Morgan fingerprint density at radius 3 is 2.69 bits per heavy atom. The molecule has 0 spiro atoms. The van der Waals surface area contributed by atoms with E-state index >= 15 is 0 Å². The second-order valence-corrected chi connectivity index (χ2v) is 7.42. The molecule has 142 valence electrons. The maximum Gasteiger partial charge on any atom is 0.260 e. The van der Waals surface area contributed by atoms with Crippen molar-refractivity contribution >= 4 is 11.9 Å². The fourth-order valence-corrected chi connectivity index (χ4v) is 3.97. The molecule has 3 rings (SSSR count). The number of allylic oxidation sites excluding steroid dienone is 1. The summed E-state index contributed by atoms with van der Waals surface area (Å²) in [5, 5.41) is 10.8. The van der Waals surface area contributed by atoms with Gasteiger partial charge in [-0.2, -0.15) is 0 Å². The Bertz CT molecular complexity index is 666. The fraction of sp³-hybridized carbons (Fsp3) is 0.667. The predicted octanol–water partition coefficient (Wildman–Crippen LogP) is 1.99. The number of hydrogen-bond donors (Lipinski definition) is 1. The topological polar surface area (TPSA) is 111 Å². The van der Waals surface area contributed by atoms with Gasteiger partial charge in [0.2, 0.25) is 6.04 Å². The average Bonchev–Trinajstić information content (AvgIpc) is 2.85. The van der Waals surface area contributed by atoms with Gasteiger partial charge in [-0.3, -0.25) is 19.8 Å². The number of amides is 1. The van der Waals surface area contributed by atoms with Crippen molar-refractivity contribution in [1.82, 2.24) is 4.90 Å². The molecule has 26 heavy (non-hydrogen) atoms. The molecule has 1 amide bonds. The van der Waals surface area contributed by atoms with E-state index in [2.05, 4.69) is 4.99 Å². The van der Waals surface area contributed by atoms with Crippen molar-refractivity contribution in [3.8, 4) is 0 Å². The molecule has 2 unspecified atom stereocenters. The summed E-state index contributed by atoms with van der Waals surface area (Å²) in [6.45, 7) is 0.104. The highest BCUT2D eigenvalue weighted by Gasteiger charge is 2.48. The largest absolute Gasteiger partial charge is 0.491 e. The molecule has 0 saturated heterocycles. The lowest BCUT2D eigenvalue weighted by atomic mass is 9.79. The number of carbonyl (C=O) groups excluding carboxylic acids is 1. The average molecular weight is 362 g/mol. The second-order valence-electron chi connectivity index (χ2n) is 7.42. The van der Waals surface area contributed by atoms with E-state index in [1.165, 1.54) is 30.2 Å². The summed E-state index contributed by atoms with van der Waals surface area (Å²) in [5.74, 6) is 1.07. The van der Waals surface area contributed by atoms with E-state index in [9.17, 15) is 14.9 Å². The zero-order chi connectivity index (χ0) is 18.7. The van der Waals surface area contributed by atoms with Gasteiger partial charge in [0.25, 0.3) is 5.91 Å². The van der Waals surface area contributed by atoms with Crippen molar-refractivity contribution in [3.05, 3.63) is 34.1 Å². The number of nitrogens with zero attached hydrogens (tertiary/aromatic N) is 3. The number of nitro groups is 1. The van der Waals surface area contributed by atoms with Crippen LogP contribution in [0.3, 0.4) is 0 Å². The van der Waals surface area contributed by atoms with Gasteiger partial charge < -0.3 is 10.5 Å². The molecule has 0 aromatic rings. The van der Waals surface area contributed by atoms with Crippen LogP contribution in [0.1, 0.15) is 44.9 Å². The summed E-state index contributed by atoms with van der Waals surface area (Å²) >= 11 is 0. The van der Waals surface area contributed by atoms with E-state index in [1.807, 2.05) is 0 Å². The highest BCUT2D eigenvalue weighted by Crippen LogP contribution is 2.36. The van der Waals surface area contributed by atoms with Crippen molar-refractivity contribution in [2.75, 3.05) is 13.7 Å². The van der Waals surface area contributed by atoms with Gasteiger partial charge in [-0.25, -0.2) is 4.99 Å². The Morgan fingerprint density at radius 2 is 2.15 bits per heavy atom. The minimum absolute atomic E-state index is 0.104. The molecule has 3 aliphatic rings. The van der Waals surface area contributed by atoms with Gasteiger partial charge >= 0.3 is 0 Å². The summed E-state index contributed by atoms with van der Waals surface area (Å²) in [6.07, 6.45) is 11.5. The summed E-state index contributed by atoms with van der Waals surface area (Å²) < 4.78 is 5.85. The van der Waals surface area contributed by atoms with Gasteiger partial charge in [0, 0.05) is 18.4 Å². The SMILES string of the molecule is CN1C(=O)C(COC2=CCC([N+](=O)[O-])C=C2)(CC2CCCCC2)N=C1N. The van der Waals surface area contributed by atoms with Crippen LogP contribution < -0.4 is 5.73 Å². The van der Waals surface area contributed by atoms with E-state index in [0.717, 1.165) is 12.8 Å². The van der Waals surface area contributed by atoms with Crippen LogP contribution in [-0.4, -0.2) is 46.9 Å². The standard InChI is InChI=1S/C18H26N4O4/c1-21-16(23)18(20-17(21)19,11-13-5-3-2-4-6-13)12-26-15-9-7-14(8-10-15)22(24)25/h7,9-10,13-14H,2-6,8,11-12H2,1H3,(H2,19,20). The molecule has 1 saturated carbocycles. The van der Waals surface area contributed by atoms with Crippen molar-refractivity contribution in [2.45, 2.75) is 56.5 Å². The summed E-state index contributed by atoms with van der Waals surface area (Å²) in [7, 11) is 1.63. The fourth-order valence-electron chi connectivity index (χ4n) is 3.97. The molecule has 2 atom stereocenters. The van der Waals surface area contributed by atoms with Crippen LogP contribution in [0.2, 0.25) is 0 Å². The van der Waals surface area contributed by atoms with E-state index in [1.54, 1.807) is 19.2 Å². The Labute approximate surface area is 152 Å². The molecule has 1 heterocycles. The number of carbonyl (C=O) groups is 1. The molecule has 0 radical (unpaired) electrons. The zero-order valence-corrected chi connectivity index (χ0v) is 15.1. The minimum atomic E-state index is -0.991. The molecular weight excluding hydrogens is 336 g/mol. The number of guanidine groups is 1. The molecule has 0 aromatic heterocycles. The van der Waals surface area contributed by atoms with E-state index < -0.39 is 11.6 Å². The lowest BCUT2D eigenvalue weighted by Crippen LogP contribution is -2.46. The van der Waals surface area contributed by atoms with Crippen molar-refractivity contribution in [2.24, 2.45) is 16.6 Å². The zero-order valence-electron chi connectivity index (χ0n) is 15.1. The van der Waals surface area contributed by atoms with Crippen LogP contribution in [0.25, 0.3) is 0 Å². The van der Waals surface area contributed by atoms with Gasteiger partial charge in [0.1, 0.15) is 12.4 Å². The van der Waals surface area contributed by atoms with Crippen LogP contribution in [0.4, 0.5) is 0 Å². The van der Waals surface area contributed by atoms with E-state index in [0.29, 0.717) is 18.1 Å². The van der Waals surface area contributed by atoms with E-state index in [4.69, 9.17) is 10.5 Å². The highest BCUT2D eigenvalue weighted by atomic mass is 16.6. The molecule has 0 aromatic carbocycles. The maximum atomic E-state index is 12.9. The summed E-state index contributed by atoms with van der Waals surface area (Å²) in [4.78, 5) is 29.2. The number of ether oxygens (including phenoxy) is 1. The van der Waals surface area contributed by atoms with Gasteiger partial charge in [0.05, 0.1) is 0 Å². The molecule has 1 aliphatic heterocycles. The molecular formula is C18H26N4O4. The van der Waals surface area contributed by atoms with Gasteiger partial charge in [-0.15, -0.1) is 0 Å². The van der Waals surface area contributed by atoms with Crippen molar-refractivity contribution < 1.29 is 14.5 Å². The number of nitrogens with two attached hydrogens (primary N) is 1. The van der Waals surface area contributed by atoms with Crippen LogP contribution in [0.5, 0.6) is 0 Å². The number of aliphatic imine (C=N–C) groups is 1. The first-order chi connectivity index (χ1) is 12.4. The quantitative estimate of drug-likeness (QED) is 0.574. The maximum absolute atomic E-state index is 12.9. The Kier molecular flexibility index (Phi) is 5.29. The number of likely N-dealkylation sites (N-methyl/N-ethyl adjacent to an activating group) is 1. The summed E-state index contributed by atoms with van der Waals surface area (Å²) in [6, 6.07) is -0.716. The monoisotopic (exact) mass is 362 g/mol. The van der Waals surface area contributed by atoms with Gasteiger partial charge in [0.15, 0.2) is 11.5 Å². The molecule has 1 fully saturated rings. The molecule has 2 N–H and O–H groups in total. The van der Waals surface area contributed by atoms with Gasteiger partial charge in [-0.1, -0.05) is 32.1 Å². The van der Waals surface area contributed by atoms with Crippen LogP contribution in [0, 0.1) is 16.0 Å². The smallest absolute Gasteiger partial charge is 0.260 e. The molecule has 8 heteroatoms. The Balaban J connectivity index is 1.70. The lowest BCUT2D eigenvalue weighted by molar-refractivity contribution is -0.508. The Hall–Kier alpha value is -2.38. The summed E-state index contributed by atoms with van der Waals surface area (Å²) in [5.41, 5.74) is 4.91.